The Hall–Kier alpha value is -3.35. The molecular weight excluding hydrogens is 312 g/mol. The average Bonchev–Trinajstić information content (AvgIpc) is 2.89. The number of carbonyl (C=O) groups excluding carboxylic acids is 1. The molecule has 0 bridgehead atoms. The average molecular weight is 326 g/mol. The zero-order valence-corrected chi connectivity index (χ0v) is 13.0. The molecule has 122 valence electrons. The Kier molecular flexibility index (Phi) is 3.91. The first-order chi connectivity index (χ1) is 11.5. The summed E-state index contributed by atoms with van der Waals surface area (Å²) >= 11 is 0. The molecule has 0 aliphatic carbocycles. The van der Waals surface area contributed by atoms with Crippen LogP contribution in [0.1, 0.15) is 16.1 Å². The maximum Gasteiger partial charge on any atom is 0.292 e. The molecule has 0 spiro atoms. The summed E-state index contributed by atoms with van der Waals surface area (Å²) in [4.78, 5) is 23.2. The molecule has 0 saturated carbocycles. The van der Waals surface area contributed by atoms with Crippen molar-refractivity contribution in [3.63, 3.8) is 0 Å². The summed E-state index contributed by atoms with van der Waals surface area (Å²) < 4.78 is 10.8. The van der Waals surface area contributed by atoms with Crippen LogP contribution in [0.15, 0.2) is 46.9 Å². The number of anilines is 1. The van der Waals surface area contributed by atoms with Gasteiger partial charge in [-0.2, -0.15) is 0 Å². The van der Waals surface area contributed by atoms with E-state index < -0.39 is 10.8 Å². The minimum atomic E-state index is -0.543. The van der Waals surface area contributed by atoms with Crippen LogP contribution in [0.25, 0.3) is 11.0 Å². The molecule has 0 radical (unpaired) electrons. The number of rotatable bonds is 4. The predicted octanol–water partition coefficient (Wildman–Crippen LogP) is 3.91. The highest BCUT2D eigenvalue weighted by Crippen LogP contribution is 2.31. The van der Waals surface area contributed by atoms with Crippen molar-refractivity contribution in [2.45, 2.75) is 6.92 Å². The van der Waals surface area contributed by atoms with Crippen LogP contribution in [0.2, 0.25) is 0 Å². The molecule has 0 aliphatic heterocycles. The van der Waals surface area contributed by atoms with Crippen molar-refractivity contribution in [3.8, 4) is 5.75 Å². The molecule has 3 aromatic rings. The van der Waals surface area contributed by atoms with Crippen molar-refractivity contribution >= 4 is 28.3 Å². The molecule has 1 amide bonds. The first-order valence-electron chi connectivity index (χ1n) is 7.13. The topological polar surface area (TPSA) is 94.6 Å². The number of nitrogens with one attached hydrogen (secondary N) is 1. The van der Waals surface area contributed by atoms with E-state index >= 15 is 0 Å². The van der Waals surface area contributed by atoms with E-state index in [2.05, 4.69) is 5.32 Å². The van der Waals surface area contributed by atoms with Gasteiger partial charge >= 0.3 is 0 Å². The SMILES string of the molecule is COc1ccc2oc(C)c(C(=O)Nc3ccccc3[N+](=O)[O-])c2c1. The maximum atomic E-state index is 12.6. The summed E-state index contributed by atoms with van der Waals surface area (Å²) in [6.45, 7) is 1.67. The van der Waals surface area contributed by atoms with Crippen LogP contribution in [0.4, 0.5) is 11.4 Å². The van der Waals surface area contributed by atoms with Gasteiger partial charge in [-0.25, -0.2) is 0 Å². The molecule has 7 heteroatoms. The number of fused-ring (bicyclic) bond motifs is 1. The van der Waals surface area contributed by atoms with E-state index in [9.17, 15) is 14.9 Å². The number of methoxy groups -OCH3 is 1. The Morgan fingerprint density at radius 1 is 1.25 bits per heavy atom. The summed E-state index contributed by atoms with van der Waals surface area (Å²) in [5.41, 5.74) is 0.820. The lowest BCUT2D eigenvalue weighted by Gasteiger charge is -2.06. The number of carbonyl (C=O) groups is 1. The summed E-state index contributed by atoms with van der Waals surface area (Å²) in [7, 11) is 1.53. The van der Waals surface area contributed by atoms with Crippen LogP contribution in [0, 0.1) is 17.0 Å². The predicted molar refractivity (Wildman–Crippen MR) is 88.6 cm³/mol. The lowest BCUT2D eigenvalue weighted by molar-refractivity contribution is -0.383. The molecule has 0 unspecified atom stereocenters. The van der Waals surface area contributed by atoms with Crippen LogP contribution in [-0.4, -0.2) is 17.9 Å². The molecule has 24 heavy (non-hydrogen) atoms. The molecule has 2 aromatic carbocycles. The van der Waals surface area contributed by atoms with Gasteiger partial charge in [-0.3, -0.25) is 14.9 Å². The normalized spacial score (nSPS) is 10.6. The minimum absolute atomic E-state index is 0.129. The first-order valence-corrected chi connectivity index (χ1v) is 7.13. The standard InChI is InChI=1S/C17H14N2O5/c1-10-16(12-9-11(23-2)7-8-15(12)24-10)17(20)18-13-5-3-4-6-14(13)19(21)22/h3-9H,1-2H3,(H,18,20). The number of ether oxygens (including phenoxy) is 1. The smallest absolute Gasteiger partial charge is 0.292 e. The third-order valence-electron chi connectivity index (χ3n) is 3.65. The van der Waals surface area contributed by atoms with Gasteiger partial charge in [0.15, 0.2) is 0 Å². The molecule has 0 fully saturated rings. The van der Waals surface area contributed by atoms with Gasteiger partial charge in [0.05, 0.1) is 17.6 Å². The molecule has 0 aliphatic rings. The van der Waals surface area contributed by atoms with Crippen LogP contribution in [0.5, 0.6) is 5.75 Å². The maximum absolute atomic E-state index is 12.6. The van der Waals surface area contributed by atoms with Crippen molar-refractivity contribution in [1.29, 1.82) is 0 Å². The number of benzene rings is 2. The third-order valence-corrected chi connectivity index (χ3v) is 3.65. The van der Waals surface area contributed by atoms with E-state index in [1.165, 1.54) is 25.3 Å². The first kappa shape index (κ1) is 15.5. The lowest BCUT2D eigenvalue weighted by Crippen LogP contribution is -2.13. The zero-order valence-electron chi connectivity index (χ0n) is 13.0. The van der Waals surface area contributed by atoms with Gasteiger partial charge in [-0.1, -0.05) is 12.1 Å². The fourth-order valence-electron chi connectivity index (χ4n) is 2.53. The Morgan fingerprint density at radius 3 is 2.71 bits per heavy atom. The largest absolute Gasteiger partial charge is 0.497 e. The van der Waals surface area contributed by atoms with E-state index in [0.29, 0.717) is 28.0 Å². The van der Waals surface area contributed by atoms with E-state index in [0.717, 1.165) is 0 Å². The number of nitro groups is 1. The summed E-state index contributed by atoms with van der Waals surface area (Å²) in [5, 5.41) is 14.2. The zero-order chi connectivity index (χ0) is 17.3. The lowest BCUT2D eigenvalue weighted by atomic mass is 10.1. The van der Waals surface area contributed by atoms with E-state index in [1.807, 2.05) is 0 Å². The van der Waals surface area contributed by atoms with Crippen LogP contribution >= 0.6 is 0 Å². The Bertz CT molecular complexity index is 945. The van der Waals surface area contributed by atoms with E-state index in [4.69, 9.17) is 9.15 Å². The monoisotopic (exact) mass is 326 g/mol. The van der Waals surface area contributed by atoms with Crippen LogP contribution in [0.3, 0.4) is 0 Å². The molecule has 0 saturated heterocycles. The second-order valence-electron chi connectivity index (χ2n) is 5.12. The van der Waals surface area contributed by atoms with Gasteiger partial charge in [-0.05, 0) is 31.2 Å². The number of hydrogen-bond donors (Lipinski definition) is 1. The van der Waals surface area contributed by atoms with E-state index in [-0.39, 0.29) is 11.4 Å². The molecule has 3 rings (SSSR count). The number of amides is 1. The summed E-state index contributed by atoms with van der Waals surface area (Å²) in [6.07, 6.45) is 0. The fraction of sp³-hybridized carbons (Fsp3) is 0.118. The van der Waals surface area contributed by atoms with Gasteiger partial charge in [-0.15, -0.1) is 0 Å². The van der Waals surface area contributed by atoms with Gasteiger partial charge in [0, 0.05) is 11.5 Å². The second kappa shape index (κ2) is 6.04. The molecule has 1 N–H and O–H groups in total. The van der Waals surface area contributed by atoms with Crippen molar-refractivity contribution in [2.75, 3.05) is 12.4 Å². The highest BCUT2D eigenvalue weighted by Gasteiger charge is 2.21. The number of hydrogen-bond acceptors (Lipinski definition) is 5. The molecular formula is C17H14N2O5. The molecule has 1 aromatic heterocycles. The second-order valence-corrected chi connectivity index (χ2v) is 5.12. The number of aryl methyl sites for hydroxylation is 1. The van der Waals surface area contributed by atoms with Crippen LogP contribution in [-0.2, 0) is 0 Å². The number of furan rings is 1. The fourth-order valence-corrected chi connectivity index (χ4v) is 2.53. The minimum Gasteiger partial charge on any atom is -0.497 e. The highest BCUT2D eigenvalue weighted by molar-refractivity contribution is 6.14. The number of nitro benzene ring substituents is 1. The molecule has 0 atom stereocenters. The quantitative estimate of drug-likeness (QED) is 0.579. The molecule has 1 heterocycles. The summed E-state index contributed by atoms with van der Waals surface area (Å²) in [6, 6.07) is 11.1. The third kappa shape index (κ3) is 2.67. The van der Waals surface area contributed by atoms with Gasteiger partial charge in [0.1, 0.15) is 22.8 Å². The van der Waals surface area contributed by atoms with Crippen molar-refractivity contribution < 1.29 is 18.9 Å². The Labute approximate surface area is 137 Å². The van der Waals surface area contributed by atoms with Gasteiger partial charge < -0.3 is 14.5 Å². The Morgan fingerprint density at radius 2 is 2.00 bits per heavy atom. The number of nitrogens with zero attached hydrogens (tertiary/aromatic N) is 1. The van der Waals surface area contributed by atoms with Crippen LogP contribution < -0.4 is 10.1 Å². The Balaban J connectivity index is 2.03. The van der Waals surface area contributed by atoms with E-state index in [1.54, 1.807) is 31.2 Å². The van der Waals surface area contributed by atoms with Crippen molar-refractivity contribution in [3.05, 3.63) is 63.9 Å². The van der Waals surface area contributed by atoms with Crippen molar-refractivity contribution in [2.24, 2.45) is 0 Å². The number of para-hydroxylation sites is 2. The van der Waals surface area contributed by atoms with Crippen molar-refractivity contribution in [1.82, 2.24) is 0 Å². The van der Waals surface area contributed by atoms with Gasteiger partial charge in [0.25, 0.3) is 11.6 Å². The highest BCUT2D eigenvalue weighted by atomic mass is 16.6. The summed E-state index contributed by atoms with van der Waals surface area (Å²) in [5.74, 6) is 0.534. The molecule has 7 nitrogen and oxygen atoms in total. The van der Waals surface area contributed by atoms with Gasteiger partial charge in [0.2, 0.25) is 0 Å².